The molecule has 7 nitrogen and oxygen atoms in total. The van der Waals surface area contributed by atoms with Gasteiger partial charge in [0.25, 0.3) is 11.6 Å². The van der Waals surface area contributed by atoms with Crippen LogP contribution in [0.5, 0.6) is 0 Å². The average Bonchev–Trinajstić information content (AvgIpc) is 3.02. The van der Waals surface area contributed by atoms with Crippen LogP contribution in [0.4, 0.5) is 11.5 Å². The minimum absolute atomic E-state index is 0.0147. The third-order valence-electron chi connectivity index (χ3n) is 3.54. The second kappa shape index (κ2) is 7.14. The lowest BCUT2D eigenvalue weighted by Crippen LogP contribution is -2.16. The van der Waals surface area contributed by atoms with Crippen LogP contribution < -0.4 is 5.32 Å². The Morgan fingerprint density at radius 1 is 1.20 bits per heavy atom. The number of hydrogen-bond donors (Lipinski definition) is 1. The van der Waals surface area contributed by atoms with Crippen LogP contribution in [0.3, 0.4) is 0 Å². The maximum Gasteiger partial charge on any atom is 0.270 e. The average molecular weight is 357 g/mol. The first kappa shape index (κ1) is 16.7. The monoisotopic (exact) mass is 356 g/mol. The molecule has 1 N–H and O–H groups in total. The highest BCUT2D eigenvalue weighted by atomic mass is 35.5. The molecular formula is C17H13ClN4O3. The molecule has 1 heterocycles. The summed E-state index contributed by atoms with van der Waals surface area (Å²) in [5.41, 5.74) is 1.02. The zero-order valence-corrected chi connectivity index (χ0v) is 13.7. The van der Waals surface area contributed by atoms with Gasteiger partial charge < -0.3 is 5.32 Å². The number of nitrogens with one attached hydrogen (secondary N) is 1. The van der Waals surface area contributed by atoms with Crippen molar-refractivity contribution in [2.75, 3.05) is 5.32 Å². The molecule has 1 aromatic heterocycles. The van der Waals surface area contributed by atoms with Gasteiger partial charge in [0.05, 0.1) is 28.3 Å². The van der Waals surface area contributed by atoms with E-state index in [1.807, 2.05) is 30.3 Å². The van der Waals surface area contributed by atoms with Crippen LogP contribution in [0.15, 0.2) is 60.8 Å². The van der Waals surface area contributed by atoms with Gasteiger partial charge in [-0.05, 0) is 11.6 Å². The number of carbonyl (C=O) groups is 1. The van der Waals surface area contributed by atoms with Crippen LogP contribution in [0.1, 0.15) is 15.9 Å². The highest BCUT2D eigenvalue weighted by Crippen LogP contribution is 2.23. The lowest BCUT2D eigenvalue weighted by molar-refractivity contribution is -0.384. The number of aromatic nitrogens is 2. The molecule has 8 heteroatoms. The van der Waals surface area contributed by atoms with Gasteiger partial charge in [-0.3, -0.25) is 14.9 Å². The fourth-order valence-corrected chi connectivity index (χ4v) is 2.57. The summed E-state index contributed by atoms with van der Waals surface area (Å²) in [5, 5.41) is 17.7. The van der Waals surface area contributed by atoms with Crippen LogP contribution in [0.25, 0.3) is 0 Å². The lowest BCUT2D eigenvalue weighted by Gasteiger charge is -2.10. The maximum atomic E-state index is 12.4. The predicted molar refractivity (Wildman–Crippen MR) is 93.8 cm³/mol. The van der Waals surface area contributed by atoms with Gasteiger partial charge in [0, 0.05) is 18.2 Å². The standard InChI is InChI=1S/C17H13ClN4O3/c18-15-10-13(22(24)25)6-7-14(15)17(23)20-16-8-9-19-21(16)11-12-4-2-1-3-5-12/h1-10H,11H2,(H,20,23). The van der Waals surface area contributed by atoms with Crippen molar-refractivity contribution in [1.29, 1.82) is 0 Å². The summed E-state index contributed by atoms with van der Waals surface area (Å²) >= 11 is 5.99. The Morgan fingerprint density at radius 2 is 1.96 bits per heavy atom. The minimum atomic E-state index is -0.567. The van der Waals surface area contributed by atoms with Crippen molar-refractivity contribution in [1.82, 2.24) is 9.78 Å². The lowest BCUT2D eigenvalue weighted by atomic mass is 10.2. The van der Waals surface area contributed by atoms with Crippen molar-refractivity contribution in [2.24, 2.45) is 0 Å². The first-order chi connectivity index (χ1) is 12.0. The predicted octanol–water partition coefficient (Wildman–Crippen LogP) is 3.75. The smallest absolute Gasteiger partial charge is 0.270 e. The summed E-state index contributed by atoms with van der Waals surface area (Å²) in [6.07, 6.45) is 1.58. The van der Waals surface area contributed by atoms with E-state index in [1.165, 1.54) is 12.1 Å². The van der Waals surface area contributed by atoms with E-state index in [2.05, 4.69) is 10.4 Å². The van der Waals surface area contributed by atoms with E-state index >= 15 is 0 Å². The van der Waals surface area contributed by atoms with Crippen molar-refractivity contribution in [2.45, 2.75) is 6.54 Å². The molecule has 3 aromatic rings. The van der Waals surface area contributed by atoms with Gasteiger partial charge in [0.1, 0.15) is 5.82 Å². The SMILES string of the molecule is O=C(Nc1ccnn1Cc1ccccc1)c1ccc([N+](=O)[O-])cc1Cl. The van der Waals surface area contributed by atoms with Crippen molar-refractivity contribution >= 4 is 29.0 Å². The molecule has 0 aliphatic heterocycles. The molecule has 126 valence electrons. The molecule has 0 saturated heterocycles. The van der Waals surface area contributed by atoms with Crippen LogP contribution in [-0.4, -0.2) is 20.6 Å². The molecule has 0 unspecified atom stereocenters. The highest BCUT2D eigenvalue weighted by molar-refractivity contribution is 6.34. The van der Waals surface area contributed by atoms with E-state index in [4.69, 9.17) is 11.6 Å². The first-order valence-electron chi connectivity index (χ1n) is 7.35. The summed E-state index contributed by atoms with van der Waals surface area (Å²) < 4.78 is 1.65. The number of hydrogen-bond acceptors (Lipinski definition) is 4. The summed E-state index contributed by atoms with van der Waals surface area (Å²) in [5.74, 6) is 0.0398. The minimum Gasteiger partial charge on any atom is -0.307 e. The van der Waals surface area contributed by atoms with E-state index in [-0.39, 0.29) is 16.3 Å². The molecule has 0 saturated carbocycles. The van der Waals surface area contributed by atoms with Gasteiger partial charge in [-0.2, -0.15) is 5.10 Å². The summed E-state index contributed by atoms with van der Waals surface area (Å²) in [6.45, 7) is 0.497. The van der Waals surface area contributed by atoms with Crippen LogP contribution in [0.2, 0.25) is 5.02 Å². The van der Waals surface area contributed by atoms with Crippen molar-refractivity contribution in [3.63, 3.8) is 0 Å². The Balaban J connectivity index is 1.78. The topological polar surface area (TPSA) is 90.1 Å². The zero-order chi connectivity index (χ0) is 17.8. The van der Waals surface area contributed by atoms with E-state index in [1.54, 1.807) is 16.9 Å². The summed E-state index contributed by atoms with van der Waals surface area (Å²) in [4.78, 5) is 22.6. The molecule has 2 aromatic carbocycles. The Hall–Kier alpha value is -3.19. The van der Waals surface area contributed by atoms with Gasteiger partial charge in [0.2, 0.25) is 0 Å². The third-order valence-corrected chi connectivity index (χ3v) is 3.85. The summed E-state index contributed by atoms with van der Waals surface area (Å²) in [6, 6.07) is 15.1. The van der Waals surface area contributed by atoms with Gasteiger partial charge in [0.15, 0.2) is 0 Å². The maximum absolute atomic E-state index is 12.4. The fraction of sp³-hybridized carbons (Fsp3) is 0.0588. The van der Waals surface area contributed by atoms with Gasteiger partial charge in [-0.25, -0.2) is 4.68 Å². The second-order valence-corrected chi connectivity index (χ2v) is 5.64. The van der Waals surface area contributed by atoms with E-state index in [0.717, 1.165) is 11.6 Å². The molecule has 0 atom stereocenters. The molecule has 0 aliphatic carbocycles. The number of anilines is 1. The third kappa shape index (κ3) is 3.84. The number of rotatable bonds is 5. The molecule has 0 radical (unpaired) electrons. The Bertz CT molecular complexity index is 925. The number of carbonyl (C=O) groups excluding carboxylic acids is 1. The number of amides is 1. The van der Waals surface area contributed by atoms with Crippen molar-refractivity contribution in [3.05, 3.63) is 87.1 Å². The van der Waals surface area contributed by atoms with Crippen LogP contribution >= 0.6 is 11.6 Å². The number of nitro groups is 1. The van der Waals surface area contributed by atoms with Crippen LogP contribution in [-0.2, 0) is 6.54 Å². The Kier molecular flexibility index (Phi) is 4.76. The van der Waals surface area contributed by atoms with Gasteiger partial charge in [-0.1, -0.05) is 41.9 Å². The number of nitro benzene ring substituents is 1. The fourth-order valence-electron chi connectivity index (χ4n) is 2.31. The van der Waals surface area contributed by atoms with E-state index < -0.39 is 10.8 Å². The number of non-ortho nitro benzene ring substituents is 1. The molecule has 1 amide bonds. The van der Waals surface area contributed by atoms with Crippen molar-refractivity contribution < 1.29 is 9.72 Å². The Morgan fingerprint density at radius 3 is 2.64 bits per heavy atom. The Labute approximate surface area is 148 Å². The largest absolute Gasteiger partial charge is 0.307 e. The van der Waals surface area contributed by atoms with Gasteiger partial charge >= 0.3 is 0 Å². The second-order valence-electron chi connectivity index (χ2n) is 5.24. The van der Waals surface area contributed by atoms with Crippen LogP contribution in [0, 0.1) is 10.1 Å². The number of halogens is 1. The molecule has 0 spiro atoms. The highest BCUT2D eigenvalue weighted by Gasteiger charge is 2.16. The van der Waals surface area contributed by atoms with E-state index in [9.17, 15) is 14.9 Å². The normalized spacial score (nSPS) is 10.4. The van der Waals surface area contributed by atoms with Gasteiger partial charge in [-0.15, -0.1) is 0 Å². The number of benzene rings is 2. The first-order valence-corrected chi connectivity index (χ1v) is 7.73. The number of nitrogens with zero attached hydrogens (tertiary/aromatic N) is 3. The van der Waals surface area contributed by atoms with Crippen molar-refractivity contribution in [3.8, 4) is 0 Å². The molecular weight excluding hydrogens is 344 g/mol. The molecule has 0 aliphatic rings. The zero-order valence-electron chi connectivity index (χ0n) is 12.9. The molecule has 25 heavy (non-hydrogen) atoms. The molecule has 0 bridgehead atoms. The quantitative estimate of drug-likeness (QED) is 0.557. The molecule has 3 rings (SSSR count). The molecule has 0 fully saturated rings. The summed E-state index contributed by atoms with van der Waals surface area (Å²) in [7, 11) is 0. The van der Waals surface area contributed by atoms with E-state index in [0.29, 0.717) is 12.4 Å².